The SMILES string of the molecule is CCCNCc1cn(CC(=O)Nc2ccc(F)cc2)cn1. The van der Waals surface area contributed by atoms with Gasteiger partial charge in [-0.05, 0) is 37.2 Å². The Bertz CT molecular complexity index is 580. The Labute approximate surface area is 123 Å². The number of hydrogen-bond donors (Lipinski definition) is 2. The Morgan fingerprint density at radius 2 is 2.10 bits per heavy atom. The average molecular weight is 290 g/mol. The first-order valence-electron chi connectivity index (χ1n) is 6.94. The van der Waals surface area contributed by atoms with Gasteiger partial charge >= 0.3 is 0 Å². The lowest BCUT2D eigenvalue weighted by atomic mass is 10.3. The minimum absolute atomic E-state index is 0.174. The van der Waals surface area contributed by atoms with Gasteiger partial charge in [-0.3, -0.25) is 4.79 Å². The molecule has 0 unspecified atom stereocenters. The molecule has 0 bridgehead atoms. The summed E-state index contributed by atoms with van der Waals surface area (Å²) >= 11 is 0. The molecule has 1 aromatic heterocycles. The van der Waals surface area contributed by atoms with E-state index in [-0.39, 0.29) is 18.3 Å². The molecule has 2 aromatic rings. The van der Waals surface area contributed by atoms with E-state index in [1.807, 2.05) is 6.20 Å². The molecule has 0 aliphatic rings. The van der Waals surface area contributed by atoms with Crippen LogP contribution in [0.3, 0.4) is 0 Å². The summed E-state index contributed by atoms with van der Waals surface area (Å²) in [5, 5.41) is 5.96. The van der Waals surface area contributed by atoms with Crippen molar-refractivity contribution in [1.82, 2.24) is 14.9 Å². The molecule has 1 heterocycles. The molecule has 0 atom stereocenters. The van der Waals surface area contributed by atoms with Gasteiger partial charge in [-0.15, -0.1) is 0 Å². The van der Waals surface area contributed by atoms with Gasteiger partial charge in [0, 0.05) is 18.4 Å². The van der Waals surface area contributed by atoms with Gasteiger partial charge in [-0.1, -0.05) is 6.92 Å². The Hall–Kier alpha value is -2.21. The van der Waals surface area contributed by atoms with Crippen LogP contribution in [0.4, 0.5) is 10.1 Å². The molecule has 1 amide bonds. The van der Waals surface area contributed by atoms with Gasteiger partial charge in [0.2, 0.25) is 5.91 Å². The fourth-order valence-electron chi connectivity index (χ4n) is 1.88. The van der Waals surface area contributed by atoms with Crippen LogP contribution in [0.25, 0.3) is 0 Å². The van der Waals surface area contributed by atoms with E-state index in [0.29, 0.717) is 12.2 Å². The number of carbonyl (C=O) groups excluding carboxylic acids is 1. The van der Waals surface area contributed by atoms with Crippen LogP contribution in [0.1, 0.15) is 19.0 Å². The second-order valence-corrected chi connectivity index (χ2v) is 4.77. The molecule has 1 aromatic carbocycles. The smallest absolute Gasteiger partial charge is 0.244 e. The van der Waals surface area contributed by atoms with Crippen LogP contribution in [-0.2, 0) is 17.9 Å². The maximum absolute atomic E-state index is 12.8. The molecule has 21 heavy (non-hydrogen) atoms. The Balaban J connectivity index is 1.83. The number of benzene rings is 1. The molecule has 0 aliphatic heterocycles. The van der Waals surface area contributed by atoms with Crippen molar-refractivity contribution in [3.8, 4) is 0 Å². The summed E-state index contributed by atoms with van der Waals surface area (Å²) in [5.74, 6) is -0.501. The summed E-state index contributed by atoms with van der Waals surface area (Å²) in [4.78, 5) is 16.1. The number of rotatable bonds is 7. The van der Waals surface area contributed by atoms with E-state index >= 15 is 0 Å². The molecule has 5 nitrogen and oxygen atoms in total. The standard InChI is InChI=1S/C15H19FN4O/c1-2-7-17-8-14-9-20(11-18-14)10-15(21)19-13-5-3-12(16)4-6-13/h3-6,9,11,17H,2,7-8,10H2,1H3,(H,19,21). The van der Waals surface area contributed by atoms with Gasteiger partial charge in [0.1, 0.15) is 12.4 Å². The monoisotopic (exact) mass is 290 g/mol. The maximum Gasteiger partial charge on any atom is 0.244 e. The number of carbonyl (C=O) groups is 1. The molecule has 0 radical (unpaired) electrons. The van der Waals surface area contributed by atoms with Crippen LogP contribution in [0.15, 0.2) is 36.8 Å². The highest BCUT2D eigenvalue weighted by Gasteiger charge is 2.05. The highest BCUT2D eigenvalue weighted by atomic mass is 19.1. The molecular weight excluding hydrogens is 271 g/mol. The lowest BCUT2D eigenvalue weighted by Gasteiger charge is -2.05. The van der Waals surface area contributed by atoms with Crippen LogP contribution in [-0.4, -0.2) is 22.0 Å². The summed E-state index contributed by atoms with van der Waals surface area (Å²) in [5.41, 5.74) is 1.48. The van der Waals surface area contributed by atoms with E-state index in [9.17, 15) is 9.18 Å². The van der Waals surface area contributed by atoms with Gasteiger partial charge in [0.25, 0.3) is 0 Å². The molecule has 0 spiro atoms. The van der Waals surface area contributed by atoms with Gasteiger partial charge in [-0.2, -0.15) is 0 Å². The molecule has 112 valence electrons. The Morgan fingerprint density at radius 1 is 1.33 bits per heavy atom. The highest BCUT2D eigenvalue weighted by Crippen LogP contribution is 2.08. The Kier molecular flexibility index (Phi) is 5.45. The second kappa shape index (κ2) is 7.54. The van der Waals surface area contributed by atoms with E-state index in [1.165, 1.54) is 24.3 Å². The quantitative estimate of drug-likeness (QED) is 0.768. The van der Waals surface area contributed by atoms with Crippen molar-refractivity contribution in [2.75, 3.05) is 11.9 Å². The third-order valence-corrected chi connectivity index (χ3v) is 2.87. The molecule has 6 heteroatoms. The molecular formula is C15H19FN4O. The summed E-state index contributed by atoms with van der Waals surface area (Å²) in [6.45, 7) is 3.92. The topological polar surface area (TPSA) is 59.0 Å². The van der Waals surface area contributed by atoms with Crippen molar-refractivity contribution < 1.29 is 9.18 Å². The molecule has 0 fully saturated rings. The van der Waals surface area contributed by atoms with Crippen molar-refractivity contribution in [2.45, 2.75) is 26.4 Å². The zero-order valence-electron chi connectivity index (χ0n) is 12.0. The number of halogens is 1. The number of aromatic nitrogens is 2. The normalized spacial score (nSPS) is 10.6. The third-order valence-electron chi connectivity index (χ3n) is 2.87. The van der Waals surface area contributed by atoms with Crippen molar-refractivity contribution in [3.63, 3.8) is 0 Å². The molecule has 0 saturated carbocycles. The largest absolute Gasteiger partial charge is 0.328 e. The second-order valence-electron chi connectivity index (χ2n) is 4.77. The molecule has 2 N–H and O–H groups in total. The van der Waals surface area contributed by atoms with Crippen molar-refractivity contribution in [3.05, 3.63) is 48.3 Å². The molecule has 0 aliphatic carbocycles. The van der Waals surface area contributed by atoms with Crippen molar-refractivity contribution in [1.29, 1.82) is 0 Å². The Morgan fingerprint density at radius 3 is 2.81 bits per heavy atom. The summed E-state index contributed by atoms with van der Waals surface area (Å²) in [7, 11) is 0. The first-order valence-corrected chi connectivity index (χ1v) is 6.94. The van der Waals surface area contributed by atoms with Crippen LogP contribution < -0.4 is 10.6 Å². The van der Waals surface area contributed by atoms with Crippen LogP contribution in [0.5, 0.6) is 0 Å². The van der Waals surface area contributed by atoms with Gasteiger partial charge in [-0.25, -0.2) is 9.37 Å². The number of amides is 1. The van der Waals surface area contributed by atoms with Gasteiger partial charge < -0.3 is 15.2 Å². The number of anilines is 1. The molecule has 2 rings (SSSR count). The minimum Gasteiger partial charge on any atom is -0.328 e. The minimum atomic E-state index is -0.327. The first-order chi connectivity index (χ1) is 10.2. The van der Waals surface area contributed by atoms with Crippen LogP contribution >= 0.6 is 0 Å². The van der Waals surface area contributed by atoms with Crippen LogP contribution in [0, 0.1) is 5.82 Å². The summed E-state index contributed by atoms with van der Waals surface area (Å²) < 4.78 is 14.5. The number of nitrogens with one attached hydrogen (secondary N) is 2. The van der Waals surface area contributed by atoms with Crippen molar-refractivity contribution in [2.24, 2.45) is 0 Å². The van der Waals surface area contributed by atoms with Gasteiger partial charge in [0.05, 0.1) is 12.0 Å². The number of imidazole rings is 1. The van der Waals surface area contributed by atoms with Crippen molar-refractivity contribution >= 4 is 11.6 Å². The summed E-state index contributed by atoms with van der Waals surface area (Å²) in [6.07, 6.45) is 4.54. The molecule has 0 saturated heterocycles. The van der Waals surface area contributed by atoms with E-state index in [2.05, 4.69) is 22.5 Å². The van der Waals surface area contributed by atoms with E-state index in [0.717, 1.165) is 18.7 Å². The summed E-state index contributed by atoms with van der Waals surface area (Å²) in [6, 6.07) is 5.68. The number of nitrogens with zero attached hydrogens (tertiary/aromatic N) is 2. The predicted molar refractivity (Wildman–Crippen MR) is 79.3 cm³/mol. The predicted octanol–water partition coefficient (Wildman–Crippen LogP) is 2.16. The first kappa shape index (κ1) is 15.2. The fraction of sp³-hybridized carbons (Fsp3) is 0.333. The van der Waals surface area contributed by atoms with E-state index in [4.69, 9.17) is 0 Å². The zero-order valence-corrected chi connectivity index (χ0v) is 12.0. The maximum atomic E-state index is 12.8. The highest BCUT2D eigenvalue weighted by molar-refractivity contribution is 5.90. The lowest BCUT2D eigenvalue weighted by Crippen LogP contribution is -2.18. The fourth-order valence-corrected chi connectivity index (χ4v) is 1.88. The van der Waals surface area contributed by atoms with Gasteiger partial charge in [0.15, 0.2) is 0 Å². The third kappa shape index (κ3) is 5.00. The lowest BCUT2D eigenvalue weighted by molar-refractivity contribution is -0.116. The average Bonchev–Trinajstić information content (AvgIpc) is 2.89. The van der Waals surface area contributed by atoms with Crippen LogP contribution in [0.2, 0.25) is 0 Å². The number of hydrogen-bond acceptors (Lipinski definition) is 3. The van der Waals surface area contributed by atoms with E-state index < -0.39 is 0 Å². The zero-order chi connectivity index (χ0) is 15.1. The van der Waals surface area contributed by atoms with E-state index in [1.54, 1.807) is 10.9 Å².